The molecule has 0 radical (unpaired) electrons. The molecule has 0 aliphatic heterocycles. The normalized spacial score (nSPS) is 12.6. The lowest BCUT2D eigenvalue weighted by molar-refractivity contribution is -0.121. The van der Waals surface area contributed by atoms with Crippen LogP contribution in [0.2, 0.25) is 0 Å². The lowest BCUT2D eigenvalue weighted by atomic mass is 10.1. The molecule has 1 atom stereocenters. The number of thioether (sulfide) groups is 1. The molecule has 0 spiro atoms. The Morgan fingerprint density at radius 1 is 1.33 bits per heavy atom. The molecule has 2 aromatic rings. The molecule has 2 rings (SSSR count). The summed E-state index contributed by atoms with van der Waals surface area (Å²) in [5, 5.41) is 15.2. The molecule has 0 aromatic carbocycles. The number of carbonyl (C=O) groups is 1. The number of pyridine rings is 1. The van der Waals surface area contributed by atoms with Gasteiger partial charge in [-0.05, 0) is 33.9 Å². The van der Waals surface area contributed by atoms with E-state index in [1.165, 1.54) is 11.8 Å². The Bertz CT molecular complexity index is 643. The molecule has 0 fully saturated rings. The quantitative estimate of drug-likeness (QED) is 0.736. The fourth-order valence-electron chi connectivity index (χ4n) is 2.14. The second-order valence-electron chi connectivity index (χ2n) is 6.40. The molecule has 7 nitrogen and oxygen atoms in total. The maximum Gasteiger partial charge on any atom is 0.234 e. The number of hydrogen-bond donors (Lipinski definition) is 1. The van der Waals surface area contributed by atoms with Gasteiger partial charge in [-0.15, -0.1) is 5.10 Å². The Morgan fingerprint density at radius 3 is 2.75 bits per heavy atom. The average molecular weight is 348 g/mol. The van der Waals surface area contributed by atoms with E-state index in [4.69, 9.17) is 0 Å². The van der Waals surface area contributed by atoms with Crippen molar-refractivity contribution in [2.75, 3.05) is 0 Å². The van der Waals surface area contributed by atoms with Gasteiger partial charge in [-0.1, -0.05) is 45.5 Å². The summed E-state index contributed by atoms with van der Waals surface area (Å²) in [6.45, 7) is 9.47. The largest absolute Gasteiger partial charge is 0.351 e. The van der Waals surface area contributed by atoms with Gasteiger partial charge >= 0.3 is 0 Å². The third-order valence-corrected chi connectivity index (χ3v) is 4.84. The molecule has 130 valence electrons. The summed E-state index contributed by atoms with van der Waals surface area (Å²) in [7, 11) is 0. The van der Waals surface area contributed by atoms with Crippen LogP contribution >= 0.6 is 11.8 Å². The molecule has 0 unspecified atom stereocenters. The average Bonchev–Trinajstić information content (AvgIpc) is 2.97. The van der Waals surface area contributed by atoms with Crippen LogP contribution < -0.4 is 5.32 Å². The van der Waals surface area contributed by atoms with E-state index in [0.29, 0.717) is 17.6 Å². The Kier molecular flexibility index (Phi) is 6.72. The zero-order chi connectivity index (χ0) is 17.5. The first kappa shape index (κ1) is 18.4. The number of nitrogens with zero attached hydrogens (tertiary/aromatic N) is 5. The fraction of sp³-hybridized carbons (Fsp3) is 0.562. The van der Waals surface area contributed by atoms with Crippen LogP contribution in [-0.2, 0) is 17.9 Å². The van der Waals surface area contributed by atoms with Gasteiger partial charge in [0.05, 0.1) is 5.25 Å². The number of tetrazole rings is 1. The van der Waals surface area contributed by atoms with Crippen LogP contribution in [-0.4, -0.2) is 36.3 Å². The molecule has 2 aromatic heterocycles. The Balaban J connectivity index is 2.01. The molecule has 1 amide bonds. The van der Waals surface area contributed by atoms with Gasteiger partial charge in [0.25, 0.3) is 0 Å². The molecular formula is C16H24N6OS. The van der Waals surface area contributed by atoms with Crippen LogP contribution in [0.15, 0.2) is 29.7 Å². The van der Waals surface area contributed by atoms with E-state index in [0.717, 1.165) is 12.1 Å². The van der Waals surface area contributed by atoms with Crippen LogP contribution in [0.25, 0.3) is 0 Å². The summed E-state index contributed by atoms with van der Waals surface area (Å²) in [4.78, 5) is 16.6. The highest BCUT2D eigenvalue weighted by Gasteiger charge is 2.26. The smallest absolute Gasteiger partial charge is 0.234 e. The van der Waals surface area contributed by atoms with Crippen LogP contribution in [0.3, 0.4) is 0 Å². The van der Waals surface area contributed by atoms with Crippen molar-refractivity contribution < 1.29 is 4.79 Å². The van der Waals surface area contributed by atoms with Gasteiger partial charge in [-0.3, -0.25) is 9.78 Å². The summed E-state index contributed by atoms with van der Waals surface area (Å²) in [5.74, 6) is 0.579. The van der Waals surface area contributed by atoms with Gasteiger partial charge < -0.3 is 5.32 Å². The van der Waals surface area contributed by atoms with E-state index in [9.17, 15) is 4.79 Å². The molecule has 8 heteroatoms. The lowest BCUT2D eigenvalue weighted by Gasteiger charge is -2.19. The molecular weight excluding hydrogens is 324 g/mol. The zero-order valence-electron chi connectivity index (χ0n) is 14.5. The first-order chi connectivity index (χ1) is 11.5. The maximum absolute atomic E-state index is 12.6. The van der Waals surface area contributed by atoms with Crippen molar-refractivity contribution in [2.24, 2.45) is 11.8 Å². The third kappa shape index (κ3) is 5.30. The van der Waals surface area contributed by atoms with Crippen LogP contribution in [0.5, 0.6) is 0 Å². The Morgan fingerprint density at radius 2 is 2.12 bits per heavy atom. The lowest BCUT2D eigenvalue weighted by Crippen LogP contribution is -2.35. The molecule has 0 saturated heterocycles. The summed E-state index contributed by atoms with van der Waals surface area (Å²) in [5.41, 5.74) is 0.975. The summed E-state index contributed by atoms with van der Waals surface area (Å²) < 4.78 is 1.76. The number of carbonyl (C=O) groups excluding carboxylic acids is 1. The van der Waals surface area contributed by atoms with Crippen LogP contribution in [0.4, 0.5) is 0 Å². The van der Waals surface area contributed by atoms with Crippen molar-refractivity contribution in [1.82, 2.24) is 30.5 Å². The van der Waals surface area contributed by atoms with Crippen molar-refractivity contribution in [3.05, 3.63) is 30.1 Å². The first-order valence-corrected chi connectivity index (χ1v) is 8.94. The molecule has 0 saturated carbocycles. The summed E-state index contributed by atoms with van der Waals surface area (Å²) in [6, 6.07) is 3.80. The van der Waals surface area contributed by atoms with Gasteiger partial charge in [0.1, 0.15) is 0 Å². The molecule has 0 aliphatic rings. The van der Waals surface area contributed by atoms with Crippen molar-refractivity contribution in [2.45, 2.75) is 51.2 Å². The predicted octanol–water partition coefficient (Wildman–Crippen LogP) is 2.16. The van der Waals surface area contributed by atoms with E-state index in [2.05, 4.69) is 39.7 Å². The standard InChI is InChI=1S/C16H24N6OS/c1-11(2)10-22-16(19-20-21-22)24-14(12(3)4)15(23)18-9-13-6-5-7-17-8-13/h5-8,11-12,14H,9-10H2,1-4H3,(H,18,23)/t14-/m1/s1. The van der Waals surface area contributed by atoms with E-state index in [-0.39, 0.29) is 17.1 Å². The monoisotopic (exact) mass is 348 g/mol. The van der Waals surface area contributed by atoms with Gasteiger partial charge in [0, 0.05) is 25.5 Å². The number of rotatable bonds is 8. The Labute approximate surface area is 146 Å². The number of amides is 1. The van der Waals surface area contributed by atoms with Gasteiger partial charge in [-0.2, -0.15) is 0 Å². The molecule has 0 aliphatic carbocycles. The highest BCUT2D eigenvalue weighted by atomic mass is 32.2. The van der Waals surface area contributed by atoms with E-state index in [1.807, 2.05) is 26.0 Å². The third-order valence-electron chi connectivity index (χ3n) is 3.32. The van der Waals surface area contributed by atoms with E-state index < -0.39 is 0 Å². The zero-order valence-corrected chi connectivity index (χ0v) is 15.3. The van der Waals surface area contributed by atoms with E-state index >= 15 is 0 Å². The fourth-order valence-corrected chi connectivity index (χ4v) is 3.15. The molecule has 2 heterocycles. The minimum atomic E-state index is -0.251. The number of aromatic nitrogens is 5. The van der Waals surface area contributed by atoms with Gasteiger partial charge in [0.15, 0.2) is 0 Å². The van der Waals surface area contributed by atoms with Crippen LogP contribution in [0.1, 0.15) is 33.3 Å². The second kappa shape index (κ2) is 8.77. The minimum Gasteiger partial charge on any atom is -0.351 e. The molecule has 1 N–H and O–H groups in total. The second-order valence-corrected chi connectivity index (χ2v) is 7.51. The molecule has 0 bridgehead atoms. The minimum absolute atomic E-state index is 0.0158. The molecule has 24 heavy (non-hydrogen) atoms. The highest BCUT2D eigenvalue weighted by molar-refractivity contribution is 8.00. The number of hydrogen-bond acceptors (Lipinski definition) is 6. The summed E-state index contributed by atoms with van der Waals surface area (Å²) in [6.07, 6.45) is 3.47. The van der Waals surface area contributed by atoms with E-state index in [1.54, 1.807) is 17.1 Å². The van der Waals surface area contributed by atoms with Crippen molar-refractivity contribution in [3.8, 4) is 0 Å². The number of nitrogens with one attached hydrogen (secondary N) is 1. The van der Waals surface area contributed by atoms with Crippen LogP contribution in [0, 0.1) is 11.8 Å². The first-order valence-electron chi connectivity index (χ1n) is 8.06. The predicted molar refractivity (Wildman–Crippen MR) is 93.2 cm³/mol. The Hall–Kier alpha value is -1.96. The highest BCUT2D eigenvalue weighted by Crippen LogP contribution is 2.26. The van der Waals surface area contributed by atoms with Gasteiger partial charge in [-0.25, -0.2) is 4.68 Å². The van der Waals surface area contributed by atoms with Crippen molar-refractivity contribution >= 4 is 17.7 Å². The topological polar surface area (TPSA) is 85.6 Å². The summed E-state index contributed by atoms with van der Waals surface area (Å²) >= 11 is 1.41. The van der Waals surface area contributed by atoms with Crippen molar-refractivity contribution in [1.29, 1.82) is 0 Å². The SMILES string of the molecule is CC(C)Cn1nnnc1S[C@@H](C(=O)NCc1cccnc1)C(C)C. The van der Waals surface area contributed by atoms with Gasteiger partial charge in [0.2, 0.25) is 11.1 Å². The maximum atomic E-state index is 12.6. The van der Waals surface area contributed by atoms with Crippen molar-refractivity contribution in [3.63, 3.8) is 0 Å².